The Morgan fingerprint density at radius 2 is 2.14 bits per heavy atom. The van der Waals surface area contributed by atoms with Crippen molar-refractivity contribution in [1.29, 1.82) is 5.26 Å². The Bertz CT molecular complexity index is 832. The van der Waals surface area contributed by atoms with Crippen LogP contribution in [0.25, 0.3) is 0 Å². The molecule has 1 aromatic heterocycles. The van der Waals surface area contributed by atoms with E-state index in [4.69, 9.17) is 5.26 Å². The molecule has 3 rings (SSSR count). The van der Waals surface area contributed by atoms with E-state index in [0.29, 0.717) is 24.2 Å². The van der Waals surface area contributed by atoms with Crippen molar-refractivity contribution >= 4 is 21.4 Å². The third-order valence-electron chi connectivity index (χ3n) is 3.73. The SMILES string of the molecule is Cc1cc(S(=O)(=O)N2CCc3sccc3C2)ccc1C#N. The van der Waals surface area contributed by atoms with Gasteiger partial charge in [0.1, 0.15) is 0 Å². The number of thiophene rings is 1. The van der Waals surface area contributed by atoms with Crippen LogP contribution in [0.4, 0.5) is 0 Å². The summed E-state index contributed by atoms with van der Waals surface area (Å²) in [7, 11) is -3.50. The zero-order chi connectivity index (χ0) is 15.0. The molecule has 6 heteroatoms. The minimum absolute atomic E-state index is 0.262. The summed E-state index contributed by atoms with van der Waals surface area (Å²) in [5.74, 6) is 0. The lowest BCUT2D eigenvalue weighted by Gasteiger charge is -2.26. The lowest BCUT2D eigenvalue weighted by molar-refractivity contribution is 0.394. The molecular formula is C15H14N2O2S2. The van der Waals surface area contributed by atoms with Gasteiger partial charge in [-0.1, -0.05) is 0 Å². The maximum Gasteiger partial charge on any atom is 0.243 e. The lowest BCUT2D eigenvalue weighted by atomic mass is 10.1. The molecular weight excluding hydrogens is 304 g/mol. The number of fused-ring (bicyclic) bond motifs is 1. The molecule has 0 saturated heterocycles. The van der Waals surface area contributed by atoms with Gasteiger partial charge in [-0.15, -0.1) is 11.3 Å². The van der Waals surface area contributed by atoms with Gasteiger partial charge in [-0.25, -0.2) is 8.42 Å². The highest BCUT2D eigenvalue weighted by atomic mass is 32.2. The third kappa shape index (κ3) is 2.48. The Balaban J connectivity index is 1.95. The van der Waals surface area contributed by atoms with Gasteiger partial charge in [-0.3, -0.25) is 0 Å². The average Bonchev–Trinajstić information content (AvgIpc) is 2.94. The predicted molar refractivity (Wildman–Crippen MR) is 81.5 cm³/mol. The number of benzene rings is 1. The van der Waals surface area contributed by atoms with Crippen molar-refractivity contribution in [1.82, 2.24) is 4.31 Å². The van der Waals surface area contributed by atoms with Crippen molar-refractivity contribution < 1.29 is 8.42 Å². The van der Waals surface area contributed by atoms with Gasteiger partial charge in [0.05, 0.1) is 16.5 Å². The lowest BCUT2D eigenvalue weighted by Crippen LogP contribution is -2.35. The quantitative estimate of drug-likeness (QED) is 0.855. The Morgan fingerprint density at radius 3 is 2.86 bits per heavy atom. The molecule has 2 aromatic rings. The van der Waals surface area contributed by atoms with E-state index in [1.807, 2.05) is 11.4 Å². The van der Waals surface area contributed by atoms with Gasteiger partial charge in [-0.05, 0) is 54.1 Å². The van der Waals surface area contributed by atoms with Crippen molar-refractivity contribution in [3.05, 3.63) is 51.2 Å². The molecule has 0 radical (unpaired) electrons. The fourth-order valence-corrected chi connectivity index (χ4v) is 4.89. The molecule has 1 aromatic carbocycles. The maximum atomic E-state index is 12.7. The van der Waals surface area contributed by atoms with E-state index in [1.54, 1.807) is 30.4 Å². The summed E-state index contributed by atoms with van der Waals surface area (Å²) in [6.45, 7) is 2.69. The fourth-order valence-electron chi connectivity index (χ4n) is 2.50. The van der Waals surface area contributed by atoms with Gasteiger partial charge in [0.2, 0.25) is 10.0 Å². The van der Waals surface area contributed by atoms with E-state index in [1.165, 1.54) is 15.2 Å². The Hall–Kier alpha value is -1.68. The minimum atomic E-state index is -3.50. The van der Waals surface area contributed by atoms with Gasteiger partial charge in [-0.2, -0.15) is 9.57 Å². The van der Waals surface area contributed by atoms with Gasteiger partial charge < -0.3 is 0 Å². The van der Waals surface area contributed by atoms with Crippen LogP contribution < -0.4 is 0 Å². The standard InChI is InChI=1S/C15H14N2O2S2/c1-11-8-14(3-2-12(11)9-16)21(18,19)17-6-4-15-13(10-17)5-7-20-15/h2-3,5,7-8H,4,6,10H2,1H3. The largest absolute Gasteiger partial charge is 0.243 e. The number of hydrogen-bond donors (Lipinski definition) is 0. The molecule has 0 saturated carbocycles. The second kappa shape index (κ2) is 5.26. The van der Waals surface area contributed by atoms with Crippen molar-refractivity contribution in [2.75, 3.05) is 6.54 Å². The predicted octanol–water partition coefficient (Wildman–Crippen LogP) is 2.68. The van der Waals surface area contributed by atoms with Gasteiger partial charge in [0, 0.05) is 18.0 Å². The molecule has 0 spiro atoms. The highest BCUT2D eigenvalue weighted by Gasteiger charge is 2.29. The molecule has 0 fully saturated rings. The summed E-state index contributed by atoms with van der Waals surface area (Å²) in [5.41, 5.74) is 2.29. The van der Waals surface area contributed by atoms with Gasteiger partial charge in [0.15, 0.2) is 0 Å². The monoisotopic (exact) mass is 318 g/mol. The molecule has 2 heterocycles. The molecule has 21 heavy (non-hydrogen) atoms. The first kappa shape index (κ1) is 14.3. The van der Waals surface area contributed by atoms with E-state index >= 15 is 0 Å². The third-order valence-corrected chi connectivity index (χ3v) is 6.59. The fraction of sp³-hybridized carbons (Fsp3) is 0.267. The smallest absolute Gasteiger partial charge is 0.207 e. The second-order valence-electron chi connectivity index (χ2n) is 5.05. The van der Waals surface area contributed by atoms with E-state index in [2.05, 4.69) is 6.07 Å². The van der Waals surface area contributed by atoms with E-state index < -0.39 is 10.0 Å². The van der Waals surface area contributed by atoms with Crippen LogP contribution >= 0.6 is 11.3 Å². The van der Waals surface area contributed by atoms with Crippen molar-refractivity contribution in [3.63, 3.8) is 0 Å². The second-order valence-corrected chi connectivity index (χ2v) is 7.98. The number of rotatable bonds is 2. The summed E-state index contributed by atoms with van der Waals surface area (Å²) in [4.78, 5) is 1.54. The first-order valence-corrected chi connectivity index (χ1v) is 8.90. The Kier molecular flexibility index (Phi) is 3.57. The summed E-state index contributed by atoms with van der Waals surface area (Å²) < 4.78 is 27.0. The summed E-state index contributed by atoms with van der Waals surface area (Å²) in [5, 5.41) is 10.9. The van der Waals surface area contributed by atoms with Gasteiger partial charge >= 0.3 is 0 Å². The van der Waals surface area contributed by atoms with Crippen LogP contribution in [0.1, 0.15) is 21.6 Å². The van der Waals surface area contributed by atoms with Crippen LogP contribution in [0.3, 0.4) is 0 Å². The Labute approximate surface area is 128 Å². The zero-order valence-corrected chi connectivity index (χ0v) is 13.2. The number of nitrogens with zero attached hydrogens (tertiary/aromatic N) is 2. The maximum absolute atomic E-state index is 12.7. The van der Waals surface area contributed by atoms with Crippen LogP contribution in [0.15, 0.2) is 34.5 Å². The van der Waals surface area contributed by atoms with Crippen LogP contribution in [-0.2, 0) is 23.0 Å². The summed E-state index contributed by atoms with van der Waals surface area (Å²) in [6.07, 6.45) is 0.765. The van der Waals surface area contributed by atoms with Crippen LogP contribution in [0, 0.1) is 18.3 Å². The van der Waals surface area contributed by atoms with E-state index in [0.717, 1.165) is 12.0 Å². The number of hydrogen-bond acceptors (Lipinski definition) is 4. The number of aryl methyl sites for hydroxylation is 1. The first-order chi connectivity index (χ1) is 10.0. The highest BCUT2D eigenvalue weighted by molar-refractivity contribution is 7.89. The van der Waals surface area contributed by atoms with E-state index in [-0.39, 0.29) is 4.90 Å². The summed E-state index contributed by atoms with van der Waals surface area (Å²) >= 11 is 1.68. The molecule has 4 nitrogen and oxygen atoms in total. The first-order valence-electron chi connectivity index (χ1n) is 6.58. The van der Waals surface area contributed by atoms with Crippen LogP contribution in [-0.4, -0.2) is 19.3 Å². The van der Waals surface area contributed by atoms with Crippen molar-refractivity contribution in [2.24, 2.45) is 0 Å². The normalized spacial score (nSPS) is 15.4. The summed E-state index contributed by atoms with van der Waals surface area (Å²) in [6, 6.07) is 8.72. The molecule has 0 bridgehead atoms. The topological polar surface area (TPSA) is 61.2 Å². The molecule has 0 unspecified atom stereocenters. The average molecular weight is 318 g/mol. The minimum Gasteiger partial charge on any atom is -0.207 e. The highest BCUT2D eigenvalue weighted by Crippen LogP contribution is 2.28. The molecule has 1 aliphatic heterocycles. The van der Waals surface area contributed by atoms with E-state index in [9.17, 15) is 8.42 Å². The molecule has 108 valence electrons. The number of sulfonamides is 1. The zero-order valence-electron chi connectivity index (χ0n) is 11.5. The van der Waals surface area contributed by atoms with Crippen LogP contribution in [0.5, 0.6) is 0 Å². The Morgan fingerprint density at radius 1 is 1.33 bits per heavy atom. The molecule has 1 aliphatic rings. The molecule has 0 N–H and O–H groups in total. The molecule has 0 atom stereocenters. The van der Waals surface area contributed by atoms with Crippen molar-refractivity contribution in [3.8, 4) is 6.07 Å². The molecule has 0 amide bonds. The van der Waals surface area contributed by atoms with Crippen molar-refractivity contribution in [2.45, 2.75) is 24.8 Å². The molecule has 0 aliphatic carbocycles. The van der Waals surface area contributed by atoms with Gasteiger partial charge in [0.25, 0.3) is 0 Å². The number of nitriles is 1. The van der Waals surface area contributed by atoms with Crippen LogP contribution in [0.2, 0.25) is 0 Å².